The predicted molar refractivity (Wildman–Crippen MR) is 90.0 cm³/mol. The van der Waals surface area contributed by atoms with E-state index in [0.29, 0.717) is 6.42 Å². The average Bonchev–Trinajstić information content (AvgIpc) is 2.49. The first-order valence-electron chi connectivity index (χ1n) is 7.40. The van der Waals surface area contributed by atoms with Crippen molar-refractivity contribution < 1.29 is 4.39 Å². The predicted octanol–water partition coefficient (Wildman–Crippen LogP) is 5.04. The van der Waals surface area contributed by atoms with Gasteiger partial charge in [0.2, 0.25) is 0 Å². The van der Waals surface area contributed by atoms with Gasteiger partial charge in [-0.25, -0.2) is 4.39 Å². The van der Waals surface area contributed by atoms with Crippen LogP contribution < -0.4 is 5.32 Å². The molecule has 2 aromatic carbocycles. The Hall–Kier alpha value is -1.19. The number of hydrogen-bond donors (Lipinski definition) is 1. The Morgan fingerprint density at radius 3 is 2.38 bits per heavy atom. The summed E-state index contributed by atoms with van der Waals surface area (Å²) in [4.78, 5) is 0. The molecule has 0 spiro atoms. The van der Waals surface area contributed by atoms with E-state index >= 15 is 0 Å². The molecule has 2 aromatic rings. The number of rotatable bonds is 6. The minimum Gasteiger partial charge on any atom is -0.310 e. The maximum Gasteiger partial charge on any atom is 0.127 e. The molecular weight excluding hydrogens is 329 g/mol. The van der Waals surface area contributed by atoms with Crippen LogP contribution in [0.3, 0.4) is 0 Å². The van der Waals surface area contributed by atoms with Gasteiger partial charge in [-0.15, -0.1) is 0 Å². The zero-order chi connectivity index (χ0) is 15.2. The number of benzene rings is 2. The molecular formula is C18H21BrFN. The summed E-state index contributed by atoms with van der Waals surface area (Å²) in [5, 5.41) is 3.45. The normalized spacial score (nSPS) is 12.4. The van der Waals surface area contributed by atoms with Gasteiger partial charge in [0.25, 0.3) is 0 Å². The molecule has 0 fully saturated rings. The summed E-state index contributed by atoms with van der Waals surface area (Å²) >= 11 is 3.30. The molecule has 1 atom stereocenters. The van der Waals surface area contributed by atoms with Crippen molar-refractivity contribution in [3.8, 4) is 0 Å². The van der Waals surface area contributed by atoms with Crippen molar-refractivity contribution in [3.63, 3.8) is 0 Å². The Morgan fingerprint density at radius 2 is 1.81 bits per heavy atom. The zero-order valence-electron chi connectivity index (χ0n) is 12.5. The van der Waals surface area contributed by atoms with Crippen LogP contribution in [0, 0.1) is 5.82 Å². The summed E-state index contributed by atoms with van der Waals surface area (Å²) in [5.41, 5.74) is 3.27. The molecule has 1 unspecified atom stereocenters. The third-order valence-electron chi connectivity index (χ3n) is 3.68. The Bertz CT molecular complexity index is 580. The number of hydrogen-bond acceptors (Lipinski definition) is 1. The van der Waals surface area contributed by atoms with Crippen molar-refractivity contribution >= 4 is 15.9 Å². The highest BCUT2D eigenvalue weighted by atomic mass is 79.9. The van der Waals surface area contributed by atoms with Crippen molar-refractivity contribution in [2.45, 2.75) is 32.7 Å². The highest BCUT2D eigenvalue weighted by molar-refractivity contribution is 9.10. The van der Waals surface area contributed by atoms with Gasteiger partial charge in [-0.3, -0.25) is 0 Å². The number of likely N-dealkylation sites (N-methyl/N-ethyl adjacent to an activating group) is 1. The lowest BCUT2D eigenvalue weighted by atomic mass is 9.97. The Morgan fingerprint density at radius 1 is 1.10 bits per heavy atom. The SMILES string of the molecule is CCNC(Cc1ccc(Br)cc1F)c1ccc(CC)cc1. The maximum absolute atomic E-state index is 14.0. The van der Waals surface area contributed by atoms with Gasteiger partial charge in [0.15, 0.2) is 0 Å². The van der Waals surface area contributed by atoms with E-state index in [9.17, 15) is 4.39 Å². The molecule has 0 saturated carbocycles. The van der Waals surface area contributed by atoms with E-state index < -0.39 is 0 Å². The molecule has 0 aliphatic carbocycles. The van der Waals surface area contributed by atoms with Crippen LogP contribution >= 0.6 is 15.9 Å². The van der Waals surface area contributed by atoms with Crippen LogP contribution in [-0.4, -0.2) is 6.54 Å². The minimum atomic E-state index is -0.155. The molecule has 21 heavy (non-hydrogen) atoms. The maximum atomic E-state index is 14.0. The van der Waals surface area contributed by atoms with E-state index in [1.807, 2.05) is 12.1 Å². The van der Waals surface area contributed by atoms with Gasteiger partial charge in [-0.2, -0.15) is 0 Å². The molecule has 0 aliphatic rings. The fourth-order valence-corrected chi connectivity index (χ4v) is 2.78. The van der Waals surface area contributed by atoms with Crippen LogP contribution in [0.2, 0.25) is 0 Å². The van der Waals surface area contributed by atoms with Gasteiger partial charge in [-0.05, 0) is 48.2 Å². The first kappa shape index (κ1) is 16.2. The minimum absolute atomic E-state index is 0.136. The molecule has 0 aromatic heterocycles. The van der Waals surface area contributed by atoms with Crippen molar-refractivity contribution in [2.75, 3.05) is 6.54 Å². The van der Waals surface area contributed by atoms with Crippen molar-refractivity contribution in [3.05, 3.63) is 69.4 Å². The fourth-order valence-electron chi connectivity index (χ4n) is 2.45. The first-order chi connectivity index (χ1) is 10.1. The molecule has 0 bridgehead atoms. The van der Waals surface area contributed by atoms with Gasteiger partial charge < -0.3 is 5.32 Å². The second kappa shape index (κ2) is 7.71. The smallest absolute Gasteiger partial charge is 0.127 e. The Labute approximate surface area is 134 Å². The van der Waals surface area contributed by atoms with Crippen molar-refractivity contribution in [1.29, 1.82) is 0 Å². The van der Waals surface area contributed by atoms with Crippen LogP contribution in [0.1, 0.15) is 36.6 Å². The van der Waals surface area contributed by atoms with Gasteiger partial charge in [0.1, 0.15) is 5.82 Å². The number of aryl methyl sites for hydroxylation is 1. The van der Waals surface area contributed by atoms with Crippen LogP contribution in [-0.2, 0) is 12.8 Å². The van der Waals surface area contributed by atoms with E-state index in [-0.39, 0.29) is 11.9 Å². The zero-order valence-corrected chi connectivity index (χ0v) is 14.1. The molecule has 0 saturated heterocycles. The van der Waals surface area contributed by atoms with Gasteiger partial charge in [0.05, 0.1) is 0 Å². The molecule has 0 amide bonds. The van der Waals surface area contributed by atoms with Gasteiger partial charge in [-0.1, -0.05) is 60.1 Å². The quantitative estimate of drug-likeness (QED) is 0.769. The molecule has 0 radical (unpaired) electrons. The summed E-state index contributed by atoms with van der Waals surface area (Å²) in [5.74, 6) is -0.155. The number of nitrogens with one attached hydrogen (secondary N) is 1. The molecule has 0 heterocycles. The summed E-state index contributed by atoms with van der Waals surface area (Å²) in [6.45, 7) is 5.08. The lowest BCUT2D eigenvalue weighted by Gasteiger charge is -2.19. The van der Waals surface area contributed by atoms with E-state index in [0.717, 1.165) is 23.0 Å². The molecule has 3 heteroatoms. The summed E-state index contributed by atoms with van der Waals surface area (Å²) in [6.07, 6.45) is 1.69. The molecule has 0 aliphatic heterocycles. The monoisotopic (exact) mass is 349 g/mol. The second-order valence-corrected chi connectivity index (χ2v) is 6.06. The van der Waals surface area contributed by atoms with Gasteiger partial charge >= 0.3 is 0 Å². The van der Waals surface area contributed by atoms with Crippen LogP contribution in [0.5, 0.6) is 0 Å². The largest absolute Gasteiger partial charge is 0.310 e. The Kier molecular flexibility index (Phi) is 5.95. The summed E-state index contributed by atoms with van der Waals surface area (Å²) in [6, 6.07) is 14.0. The number of halogens is 2. The molecule has 1 nitrogen and oxygen atoms in total. The highest BCUT2D eigenvalue weighted by Crippen LogP contribution is 2.23. The standard InChI is InChI=1S/C18H21BrFN/c1-3-13-5-7-14(8-6-13)18(21-4-2)11-15-9-10-16(19)12-17(15)20/h5-10,12,18,21H,3-4,11H2,1-2H3. The lowest BCUT2D eigenvalue weighted by molar-refractivity contribution is 0.527. The molecule has 112 valence electrons. The van der Waals surface area contributed by atoms with Crippen LogP contribution in [0.15, 0.2) is 46.9 Å². The van der Waals surface area contributed by atoms with E-state index in [4.69, 9.17) is 0 Å². The van der Waals surface area contributed by atoms with Crippen molar-refractivity contribution in [2.24, 2.45) is 0 Å². The highest BCUT2D eigenvalue weighted by Gasteiger charge is 2.14. The first-order valence-corrected chi connectivity index (χ1v) is 8.19. The third kappa shape index (κ3) is 4.39. The third-order valence-corrected chi connectivity index (χ3v) is 4.17. The summed E-state index contributed by atoms with van der Waals surface area (Å²) in [7, 11) is 0. The summed E-state index contributed by atoms with van der Waals surface area (Å²) < 4.78 is 14.8. The topological polar surface area (TPSA) is 12.0 Å². The van der Waals surface area contributed by atoms with Crippen molar-refractivity contribution in [1.82, 2.24) is 5.32 Å². The average molecular weight is 350 g/mol. The van der Waals surface area contributed by atoms with Crippen LogP contribution in [0.4, 0.5) is 4.39 Å². The molecule has 1 N–H and O–H groups in total. The fraction of sp³-hybridized carbons (Fsp3) is 0.333. The molecule has 2 rings (SSSR count). The van der Waals surface area contributed by atoms with E-state index in [1.165, 1.54) is 17.2 Å². The lowest BCUT2D eigenvalue weighted by Crippen LogP contribution is -2.23. The van der Waals surface area contributed by atoms with E-state index in [2.05, 4.69) is 59.4 Å². The van der Waals surface area contributed by atoms with Crippen LogP contribution in [0.25, 0.3) is 0 Å². The second-order valence-electron chi connectivity index (χ2n) is 5.15. The van der Waals surface area contributed by atoms with Gasteiger partial charge in [0, 0.05) is 10.5 Å². The van der Waals surface area contributed by atoms with E-state index in [1.54, 1.807) is 0 Å². The Balaban J connectivity index is 2.21.